The first-order chi connectivity index (χ1) is 12.8. The van der Waals surface area contributed by atoms with Crippen molar-refractivity contribution in [2.45, 2.75) is 24.1 Å². The molecule has 6 heteroatoms. The van der Waals surface area contributed by atoms with Gasteiger partial charge in [0, 0.05) is 24.1 Å². The van der Waals surface area contributed by atoms with Gasteiger partial charge in [-0.3, -0.25) is 4.79 Å². The summed E-state index contributed by atoms with van der Waals surface area (Å²) in [6, 6.07) is 15.9. The number of carbonyl (C=O) groups is 1. The fourth-order valence-electron chi connectivity index (χ4n) is 4.47. The van der Waals surface area contributed by atoms with E-state index in [1.807, 2.05) is 25.1 Å². The maximum absolute atomic E-state index is 13.0. The second-order valence-corrected chi connectivity index (χ2v) is 10.1. The van der Waals surface area contributed by atoms with Gasteiger partial charge in [0.05, 0.1) is 4.90 Å². The number of alkyl halides is 1. The Balaban J connectivity index is 1.59. The zero-order valence-corrected chi connectivity index (χ0v) is 16.9. The summed E-state index contributed by atoms with van der Waals surface area (Å²) in [6.45, 7) is 4.70. The van der Waals surface area contributed by atoms with Crippen molar-refractivity contribution in [2.75, 3.05) is 13.1 Å². The number of fused-ring (bicyclic) bond motifs is 1. The highest BCUT2D eigenvalue weighted by molar-refractivity contribution is 7.89. The van der Waals surface area contributed by atoms with Gasteiger partial charge in [0.25, 0.3) is 0 Å². The third kappa shape index (κ3) is 2.84. The number of rotatable bonds is 5. The number of halogens is 1. The lowest BCUT2D eigenvalue weighted by molar-refractivity contribution is 0.0954. The van der Waals surface area contributed by atoms with Gasteiger partial charge in [-0.15, -0.1) is 11.6 Å². The molecule has 0 radical (unpaired) electrons. The van der Waals surface area contributed by atoms with Gasteiger partial charge in [0.2, 0.25) is 10.0 Å². The van der Waals surface area contributed by atoms with Gasteiger partial charge in [-0.1, -0.05) is 55.0 Å². The lowest BCUT2D eigenvalue weighted by Gasteiger charge is -2.25. The lowest BCUT2D eigenvalue weighted by atomic mass is 9.92. The summed E-state index contributed by atoms with van der Waals surface area (Å²) in [6.07, 6.45) is 0. The number of aryl methyl sites for hydroxylation is 1. The van der Waals surface area contributed by atoms with Crippen LogP contribution in [0.15, 0.2) is 59.5 Å². The van der Waals surface area contributed by atoms with Crippen LogP contribution in [0.5, 0.6) is 0 Å². The first kappa shape index (κ1) is 18.7. The van der Waals surface area contributed by atoms with Crippen LogP contribution in [0, 0.1) is 24.2 Å². The van der Waals surface area contributed by atoms with E-state index in [0.717, 1.165) is 5.56 Å². The van der Waals surface area contributed by atoms with Gasteiger partial charge in [0.1, 0.15) is 5.38 Å². The molecule has 4 nitrogen and oxygen atoms in total. The van der Waals surface area contributed by atoms with Crippen LogP contribution in [0.1, 0.15) is 22.8 Å². The summed E-state index contributed by atoms with van der Waals surface area (Å²) in [4.78, 5) is 13.2. The third-order valence-corrected chi connectivity index (χ3v) is 8.73. The molecule has 2 aliphatic rings. The van der Waals surface area contributed by atoms with Crippen molar-refractivity contribution in [3.05, 3.63) is 65.7 Å². The topological polar surface area (TPSA) is 54.5 Å². The minimum absolute atomic E-state index is 0.118. The van der Waals surface area contributed by atoms with E-state index < -0.39 is 20.8 Å². The van der Waals surface area contributed by atoms with Crippen molar-refractivity contribution in [2.24, 2.45) is 17.3 Å². The molecule has 2 aromatic rings. The number of Topliss-reactive ketones (excluding diaryl/α,β-unsaturated/α-hetero) is 1. The third-order valence-electron chi connectivity index (χ3n) is 6.30. The average Bonchev–Trinajstić information content (AvgIpc) is 3.04. The summed E-state index contributed by atoms with van der Waals surface area (Å²) in [5.41, 5.74) is 1.11. The molecule has 0 bridgehead atoms. The molecule has 1 heterocycles. The molecule has 4 atom stereocenters. The van der Waals surface area contributed by atoms with Crippen LogP contribution in [-0.2, 0) is 10.0 Å². The van der Waals surface area contributed by atoms with E-state index in [-0.39, 0.29) is 22.5 Å². The van der Waals surface area contributed by atoms with Crippen molar-refractivity contribution in [3.63, 3.8) is 0 Å². The Kier molecular flexibility index (Phi) is 4.45. The number of ketones is 1. The summed E-state index contributed by atoms with van der Waals surface area (Å²) in [5.74, 6) is 0.228. The number of nitrogens with zero attached hydrogens (tertiary/aromatic N) is 1. The largest absolute Gasteiger partial charge is 0.292 e. The predicted molar refractivity (Wildman–Crippen MR) is 105 cm³/mol. The molecular formula is C21H22ClNO3S. The molecule has 0 N–H and O–H groups in total. The number of sulfonamides is 1. The Hall–Kier alpha value is -1.69. The number of piperidine rings is 1. The average molecular weight is 404 g/mol. The van der Waals surface area contributed by atoms with Crippen LogP contribution >= 0.6 is 11.6 Å². The van der Waals surface area contributed by atoms with Gasteiger partial charge >= 0.3 is 0 Å². The summed E-state index contributed by atoms with van der Waals surface area (Å²) in [5, 5.41) is -0.724. The maximum atomic E-state index is 13.0. The fraction of sp³-hybridized carbons (Fsp3) is 0.381. The molecule has 2 aromatic carbocycles. The first-order valence-corrected chi connectivity index (χ1v) is 11.0. The summed E-state index contributed by atoms with van der Waals surface area (Å²) < 4.78 is 27.5. The first-order valence-electron chi connectivity index (χ1n) is 9.08. The monoisotopic (exact) mass is 403 g/mol. The normalized spacial score (nSPS) is 28.6. The summed E-state index contributed by atoms with van der Waals surface area (Å²) >= 11 is 6.66. The second kappa shape index (κ2) is 6.43. The minimum atomic E-state index is -3.58. The molecule has 2 fully saturated rings. The number of carbonyl (C=O) groups excluding carboxylic acids is 1. The van der Waals surface area contributed by atoms with Gasteiger partial charge < -0.3 is 0 Å². The van der Waals surface area contributed by atoms with Crippen LogP contribution in [0.25, 0.3) is 0 Å². The molecule has 1 saturated carbocycles. The molecule has 1 aliphatic heterocycles. The van der Waals surface area contributed by atoms with Crippen LogP contribution in [0.3, 0.4) is 0 Å². The van der Waals surface area contributed by atoms with Crippen LogP contribution in [0.2, 0.25) is 0 Å². The number of benzene rings is 2. The Morgan fingerprint density at radius 3 is 2.41 bits per heavy atom. The molecule has 0 spiro atoms. The second-order valence-electron chi connectivity index (χ2n) is 7.71. The van der Waals surface area contributed by atoms with Gasteiger partial charge in [0.15, 0.2) is 5.78 Å². The Labute approximate surface area is 165 Å². The molecule has 4 rings (SSSR count). The Bertz CT molecular complexity index is 974. The van der Waals surface area contributed by atoms with Gasteiger partial charge in [-0.05, 0) is 30.9 Å². The molecule has 0 amide bonds. The van der Waals surface area contributed by atoms with Crippen LogP contribution < -0.4 is 0 Å². The van der Waals surface area contributed by atoms with Crippen molar-refractivity contribution in [1.29, 1.82) is 0 Å². The van der Waals surface area contributed by atoms with E-state index in [0.29, 0.717) is 18.7 Å². The standard InChI is InChI=1S/C21H22ClNO3S/c1-14-8-10-17(11-9-14)27(25,26)23-12-18-15(2)21(18,13-23)20(22)19(24)16-6-4-3-5-7-16/h3-11,15,18,20H,12-13H2,1-2H3. The highest BCUT2D eigenvalue weighted by atomic mass is 35.5. The van der Waals surface area contributed by atoms with Crippen molar-refractivity contribution in [1.82, 2.24) is 4.31 Å². The Morgan fingerprint density at radius 1 is 1.15 bits per heavy atom. The lowest BCUT2D eigenvalue weighted by Crippen LogP contribution is -2.38. The van der Waals surface area contributed by atoms with E-state index in [1.165, 1.54) is 4.31 Å². The van der Waals surface area contributed by atoms with Crippen molar-refractivity contribution < 1.29 is 13.2 Å². The highest BCUT2D eigenvalue weighted by Gasteiger charge is 2.72. The molecule has 27 heavy (non-hydrogen) atoms. The van der Waals surface area contributed by atoms with Crippen molar-refractivity contribution in [3.8, 4) is 0 Å². The van der Waals surface area contributed by atoms with E-state index in [9.17, 15) is 13.2 Å². The van der Waals surface area contributed by atoms with E-state index in [2.05, 4.69) is 6.92 Å². The summed E-state index contributed by atoms with van der Waals surface area (Å²) in [7, 11) is -3.58. The maximum Gasteiger partial charge on any atom is 0.243 e. The quantitative estimate of drug-likeness (QED) is 0.564. The van der Waals surface area contributed by atoms with E-state index in [1.54, 1.807) is 36.4 Å². The smallest absolute Gasteiger partial charge is 0.243 e. The molecule has 142 valence electrons. The number of hydrogen-bond donors (Lipinski definition) is 0. The molecule has 4 unspecified atom stereocenters. The van der Waals surface area contributed by atoms with Crippen LogP contribution in [-0.4, -0.2) is 37.0 Å². The van der Waals surface area contributed by atoms with Gasteiger partial charge in [-0.2, -0.15) is 4.31 Å². The SMILES string of the molecule is Cc1ccc(S(=O)(=O)N2CC3C(C)C3(C(Cl)C(=O)c3ccccc3)C2)cc1. The van der Waals surface area contributed by atoms with Crippen LogP contribution in [0.4, 0.5) is 0 Å². The Morgan fingerprint density at radius 2 is 1.78 bits per heavy atom. The number of hydrogen-bond acceptors (Lipinski definition) is 3. The zero-order valence-electron chi connectivity index (χ0n) is 15.3. The van der Waals surface area contributed by atoms with E-state index >= 15 is 0 Å². The predicted octanol–water partition coefficient (Wildman–Crippen LogP) is 3.74. The zero-order chi connectivity index (χ0) is 19.4. The van der Waals surface area contributed by atoms with E-state index in [4.69, 9.17) is 11.6 Å². The molecule has 1 aliphatic carbocycles. The highest BCUT2D eigenvalue weighted by Crippen LogP contribution is 2.67. The van der Waals surface area contributed by atoms with Gasteiger partial charge in [-0.25, -0.2) is 8.42 Å². The minimum Gasteiger partial charge on any atom is -0.292 e. The molecule has 1 saturated heterocycles. The van der Waals surface area contributed by atoms with Crippen molar-refractivity contribution >= 4 is 27.4 Å². The molecule has 0 aromatic heterocycles. The molecular weight excluding hydrogens is 382 g/mol. The fourth-order valence-corrected chi connectivity index (χ4v) is 6.55.